The van der Waals surface area contributed by atoms with Crippen LogP contribution in [0.1, 0.15) is 31.2 Å². The van der Waals surface area contributed by atoms with Crippen molar-refractivity contribution in [2.75, 3.05) is 46.3 Å². The molecule has 1 heterocycles. The molecule has 134 valence electrons. The Morgan fingerprint density at radius 2 is 1.75 bits per heavy atom. The van der Waals surface area contributed by atoms with E-state index < -0.39 is 0 Å². The maximum absolute atomic E-state index is 10.2. The van der Waals surface area contributed by atoms with Crippen LogP contribution in [0.15, 0.2) is 30.3 Å². The lowest BCUT2D eigenvalue weighted by atomic mass is 9.91. The number of hydrogen-bond donors (Lipinski definition) is 1. The van der Waals surface area contributed by atoms with Crippen molar-refractivity contribution in [2.24, 2.45) is 0 Å². The summed E-state index contributed by atoms with van der Waals surface area (Å²) < 4.78 is 0. The van der Waals surface area contributed by atoms with Crippen molar-refractivity contribution < 1.29 is 5.11 Å². The van der Waals surface area contributed by atoms with Crippen LogP contribution in [0.5, 0.6) is 0 Å². The van der Waals surface area contributed by atoms with Crippen LogP contribution in [0.2, 0.25) is 0 Å². The molecule has 1 saturated heterocycles. The smallest absolute Gasteiger partial charge is 0.0695 e. The predicted molar refractivity (Wildman–Crippen MR) is 99.1 cm³/mol. The Bertz CT molecular complexity index is 473. The van der Waals surface area contributed by atoms with E-state index in [1.165, 1.54) is 24.8 Å². The van der Waals surface area contributed by atoms with Crippen molar-refractivity contribution in [2.45, 2.75) is 44.4 Å². The number of rotatable bonds is 6. The quantitative estimate of drug-likeness (QED) is 0.864. The van der Waals surface area contributed by atoms with Gasteiger partial charge in [-0.15, -0.1) is 0 Å². The summed E-state index contributed by atoms with van der Waals surface area (Å²) in [5, 5.41) is 10.2. The molecule has 3 rings (SSSR count). The second-order valence-electron chi connectivity index (χ2n) is 7.52. The number of aliphatic hydroxyl groups is 1. The lowest BCUT2D eigenvalue weighted by molar-refractivity contribution is -0.00438. The first kappa shape index (κ1) is 17.9. The number of nitrogens with zero attached hydrogens (tertiary/aromatic N) is 3. The van der Waals surface area contributed by atoms with Crippen LogP contribution in [0.4, 0.5) is 0 Å². The predicted octanol–water partition coefficient (Wildman–Crippen LogP) is 2.04. The summed E-state index contributed by atoms with van der Waals surface area (Å²) in [7, 11) is 2.21. The van der Waals surface area contributed by atoms with E-state index in [4.69, 9.17) is 0 Å². The van der Waals surface area contributed by atoms with Crippen molar-refractivity contribution in [3.8, 4) is 0 Å². The zero-order valence-corrected chi connectivity index (χ0v) is 15.1. The fourth-order valence-corrected chi connectivity index (χ4v) is 4.12. The number of aliphatic hydroxyl groups excluding tert-OH is 1. The molecule has 2 atom stereocenters. The molecule has 0 spiro atoms. The van der Waals surface area contributed by atoms with Crippen LogP contribution in [-0.2, 0) is 6.54 Å². The molecule has 1 aromatic carbocycles. The van der Waals surface area contributed by atoms with Crippen molar-refractivity contribution in [3.63, 3.8) is 0 Å². The highest BCUT2D eigenvalue weighted by Crippen LogP contribution is 2.24. The molecule has 0 bridgehead atoms. The van der Waals surface area contributed by atoms with E-state index >= 15 is 0 Å². The molecule has 24 heavy (non-hydrogen) atoms. The molecule has 0 amide bonds. The maximum Gasteiger partial charge on any atom is 0.0695 e. The Morgan fingerprint density at radius 3 is 2.46 bits per heavy atom. The van der Waals surface area contributed by atoms with E-state index in [-0.39, 0.29) is 6.10 Å². The number of hydrogen-bond acceptors (Lipinski definition) is 4. The molecule has 1 aliphatic carbocycles. The van der Waals surface area contributed by atoms with Gasteiger partial charge in [0.25, 0.3) is 0 Å². The average molecular weight is 332 g/mol. The molecule has 1 aliphatic heterocycles. The van der Waals surface area contributed by atoms with E-state index in [1.807, 2.05) is 0 Å². The van der Waals surface area contributed by atoms with Crippen molar-refractivity contribution >= 4 is 0 Å². The van der Waals surface area contributed by atoms with E-state index in [2.05, 4.69) is 52.1 Å². The zero-order chi connectivity index (χ0) is 16.8. The Morgan fingerprint density at radius 1 is 1.04 bits per heavy atom. The van der Waals surface area contributed by atoms with Gasteiger partial charge in [0.2, 0.25) is 0 Å². The maximum atomic E-state index is 10.2. The molecule has 4 nitrogen and oxygen atoms in total. The highest BCUT2D eigenvalue weighted by Gasteiger charge is 2.30. The monoisotopic (exact) mass is 331 g/mol. The second-order valence-corrected chi connectivity index (χ2v) is 7.52. The first-order valence-corrected chi connectivity index (χ1v) is 9.59. The summed E-state index contributed by atoms with van der Waals surface area (Å²) >= 11 is 0. The topological polar surface area (TPSA) is 30.0 Å². The van der Waals surface area contributed by atoms with E-state index in [0.29, 0.717) is 6.04 Å². The summed E-state index contributed by atoms with van der Waals surface area (Å²) in [6, 6.07) is 11.1. The summed E-state index contributed by atoms with van der Waals surface area (Å²) in [5.74, 6) is 0. The van der Waals surface area contributed by atoms with Gasteiger partial charge in [-0.05, 0) is 25.5 Å². The first-order valence-electron chi connectivity index (χ1n) is 9.59. The van der Waals surface area contributed by atoms with Gasteiger partial charge in [0.05, 0.1) is 6.10 Å². The minimum atomic E-state index is -0.0951. The van der Waals surface area contributed by atoms with Gasteiger partial charge in [-0.1, -0.05) is 43.2 Å². The van der Waals surface area contributed by atoms with Gasteiger partial charge in [-0.25, -0.2) is 0 Å². The van der Waals surface area contributed by atoms with Crippen LogP contribution >= 0.6 is 0 Å². The standard InChI is InChI=1S/C20H33N3O/c1-21(17-18-7-3-2-4-8-18)11-12-22-13-15-23(16-14-22)19-9-5-6-10-20(19)24/h2-4,7-8,19-20,24H,5-6,9-17H2,1H3. The molecule has 2 aliphatic rings. The third-order valence-corrected chi connectivity index (χ3v) is 5.66. The summed E-state index contributed by atoms with van der Waals surface area (Å²) in [6.07, 6.45) is 4.57. The van der Waals surface area contributed by atoms with Gasteiger partial charge in [0.15, 0.2) is 0 Å². The van der Waals surface area contributed by atoms with Crippen molar-refractivity contribution in [1.82, 2.24) is 14.7 Å². The van der Waals surface area contributed by atoms with Crippen LogP contribution in [0, 0.1) is 0 Å². The zero-order valence-electron chi connectivity index (χ0n) is 15.1. The Hall–Kier alpha value is -0.940. The van der Waals surface area contributed by atoms with Gasteiger partial charge in [0.1, 0.15) is 0 Å². The Kier molecular flexibility index (Phi) is 6.67. The molecular formula is C20H33N3O. The second kappa shape index (κ2) is 8.95. The fraction of sp³-hybridized carbons (Fsp3) is 0.700. The molecule has 1 aromatic rings. The molecule has 4 heteroatoms. The van der Waals surface area contributed by atoms with Gasteiger partial charge < -0.3 is 10.0 Å². The van der Waals surface area contributed by atoms with Crippen molar-refractivity contribution in [3.05, 3.63) is 35.9 Å². The third kappa shape index (κ3) is 5.03. The largest absolute Gasteiger partial charge is 0.391 e. The molecule has 1 N–H and O–H groups in total. The third-order valence-electron chi connectivity index (χ3n) is 5.66. The molecule has 2 unspecified atom stereocenters. The molecule has 2 fully saturated rings. The van der Waals surface area contributed by atoms with E-state index in [9.17, 15) is 5.11 Å². The first-order chi connectivity index (χ1) is 11.7. The Balaban J connectivity index is 1.36. The van der Waals surface area contributed by atoms with Crippen LogP contribution in [-0.4, -0.2) is 78.3 Å². The number of piperazine rings is 1. The van der Waals surface area contributed by atoms with Crippen molar-refractivity contribution in [1.29, 1.82) is 0 Å². The Labute approximate surface area is 147 Å². The number of benzene rings is 1. The summed E-state index contributed by atoms with van der Waals surface area (Å²) in [4.78, 5) is 7.52. The lowest BCUT2D eigenvalue weighted by Crippen LogP contribution is -2.55. The molecule has 0 aromatic heterocycles. The van der Waals surface area contributed by atoms with Gasteiger partial charge in [-0.2, -0.15) is 0 Å². The highest BCUT2D eigenvalue weighted by molar-refractivity contribution is 5.14. The van der Waals surface area contributed by atoms with Gasteiger partial charge in [0, 0.05) is 51.9 Å². The minimum absolute atomic E-state index is 0.0951. The van der Waals surface area contributed by atoms with Gasteiger partial charge >= 0.3 is 0 Å². The summed E-state index contributed by atoms with van der Waals surface area (Å²) in [6.45, 7) is 7.79. The fourth-order valence-electron chi connectivity index (χ4n) is 4.12. The molecule has 1 saturated carbocycles. The number of likely N-dealkylation sites (N-methyl/N-ethyl adjacent to an activating group) is 1. The molecular weight excluding hydrogens is 298 g/mol. The average Bonchev–Trinajstić information content (AvgIpc) is 2.62. The van der Waals surface area contributed by atoms with Gasteiger partial charge in [-0.3, -0.25) is 9.80 Å². The SMILES string of the molecule is CN(CCN1CCN(C2CCCCC2O)CC1)Cc1ccccc1. The van der Waals surface area contributed by atoms with E-state index in [1.54, 1.807) is 0 Å². The van der Waals surface area contributed by atoms with Crippen LogP contribution in [0.3, 0.4) is 0 Å². The normalized spacial score (nSPS) is 26.8. The van der Waals surface area contributed by atoms with E-state index in [0.717, 1.165) is 52.2 Å². The molecule has 0 radical (unpaired) electrons. The minimum Gasteiger partial charge on any atom is -0.391 e. The summed E-state index contributed by atoms with van der Waals surface area (Å²) in [5.41, 5.74) is 1.39. The lowest BCUT2D eigenvalue weighted by Gasteiger charge is -2.42. The highest BCUT2D eigenvalue weighted by atomic mass is 16.3. The van der Waals surface area contributed by atoms with Crippen LogP contribution in [0.25, 0.3) is 0 Å². The van der Waals surface area contributed by atoms with Crippen LogP contribution < -0.4 is 0 Å².